The molecule has 40 heavy (non-hydrogen) atoms. The molecule has 2 aromatic rings. The van der Waals surface area contributed by atoms with Crippen LogP contribution in [0.2, 0.25) is 0 Å². The van der Waals surface area contributed by atoms with Crippen LogP contribution in [0.15, 0.2) is 42.5 Å². The molecule has 1 unspecified atom stereocenters. The average Bonchev–Trinajstić information content (AvgIpc) is 3.78. The van der Waals surface area contributed by atoms with Crippen LogP contribution in [0.1, 0.15) is 98.5 Å². The molecule has 1 atom stereocenters. The van der Waals surface area contributed by atoms with Crippen LogP contribution in [0.25, 0.3) is 11.1 Å². The fourth-order valence-corrected chi connectivity index (χ4v) is 7.58. The number of carbonyl (C=O) groups is 2. The molecule has 3 fully saturated rings. The molecule has 0 heterocycles. The number of amides is 1. The number of hydrogen-bond donors (Lipinski definition) is 2. The van der Waals surface area contributed by atoms with Gasteiger partial charge in [0, 0.05) is 23.7 Å². The molecule has 3 aliphatic rings. The van der Waals surface area contributed by atoms with Crippen molar-refractivity contribution in [2.24, 2.45) is 5.92 Å². The Balaban J connectivity index is 1.43. The predicted octanol–water partition coefficient (Wildman–Crippen LogP) is 7.46. The van der Waals surface area contributed by atoms with Crippen molar-refractivity contribution in [2.75, 3.05) is 12.0 Å². The number of aryl methyl sites for hydroxylation is 1. The van der Waals surface area contributed by atoms with E-state index in [2.05, 4.69) is 41.4 Å². The highest BCUT2D eigenvalue weighted by Gasteiger charge is 2.48. The number of rotatable bonds is 13. The van der Waals surface area contributed by atoms with Gasteiger partial charge in [0.2, 0.25) is 0 Å². The van der Waals surface area contributed by atoms with E-state index in [1.807, 2.05) is 24.5 Å². The molecule has 1 amide bonds. The Hall–Kier alpha value is -2.31. The third-order valence-electron chi connectivity index (χ3n) is 9.61. The van der Waals surface area contributed by atoms with Crippen molar-refractivity contribution in [2.45, 2.75) is 108 Å². The highest BCUT2D eigenvalue weighted by molar-refractivity contribution is 7.98. The first-order valence-corrected chi connectivity index (χ1v) is 16.8. The Morgan fingerprint density at radius 1 is 1.02 bits per heavy atom. The van der Waals surface area contributed by atoms with Gasteiger partial charge in [-0.1, -0.05) is 62.4 Å². The summed E-state index contributed by atoms with van der Waals surface area (Å²) in [4.78, 5) is 28.2. The van der Waals surface area contributed by atoms with Gasteiger partial charge in [0.05, 0.1) is 0 Å². The van der Waals surface area contributed by atoms with Crippen LogP contribution in [0.5, 0.6) is 0 Å². The lowest BCUT2D eigenvalue weighted by molar-refractivity contribution is -0.139. The average molecular weight is 563 g/mol. The summed E-state index contributed by atoms with van der Waals surface area (Å²) in [5, 5.41) is 12.5. The lowest BCUT2D eigenvalue weighted by Crippen LogP contribution is -2.55. The van der Waals surface area contributed by atoms with Crippen LogP contribution in [-0.4, -0.2) is 51.5 Å². The van der Waals surface area contributed by atoms with Gasteiger partial charge in [-0.15, -0.1) is 0 Å². The molecular formula is C34H46N2O3S. The highest BCUT2D eigenvalue weighted by atomic mass is 32.2. The predicted molar refractivity (Wildman–Crippen MR) is 165 cm³/mol. The number of thioether (sulfide) groups is 1. The van der Waals surface area contributed by atoms with Crippen molar-refractivity contribution in [3.05, 3.63) is 59.2 Å². The summed E-state index contributed by atoms with van der Waals surface area (Å²) in [6, 6.07) is 14.2. The van der Waals surface area contributed by atoms with E-state index in [1.165, 1.54) is 76.2 Å². The van der Waals surface area contributed by atoms with Crippen molar-refractivity contribution in [1.82, 2.24) is 10.2 Å². The van der Waals surface area contributed by atoms with Gasteiger partial charge in [-0.25, -0.2) is 4.79 Å². The number of carboxylic acid groups (broad SMARTS) is 1. The number of hydrogen-bond acceptors (Lipinski definition) is 4. The van der Waals surface area contributed by atoms with E-state index in [9.17, 15) is 14.7 Å². The quantitative estimate of drug-likeness (QED) is 0.265. The fraction of sp³-hybridized carbons (Fsp3) is 0.588. The van der Waals surface area contributed by atoms with Crippen molar-refractivity contribution in [3.8, 4) is 11.1 Å². The molecule has 3 aliphatic carbocycles. The molecule has 0 radical (unpaired) electrons. The topological polar surface area (TPSA) is 69.6 Å². The molecule has 0 saturated heterocycles. The van der Waals surface area contributed by atoms with Gasteiger partial charge < -0.3 is 10.4 Å². The van der Waals surface area contributed by atoms with Crippen LogP contribution < -0.4 is 5.32 Å². The maximum Gasteiger partial charge on any atom is 0.326 e. The molecule has 0 bridgehead atoms. The SMILES string of the molecule is CSCCC(NC(=O)c1ccc(CN(C2CC2)C2(CC3CCCCC3)CCC2)cc1-c1ccccc1C)C(=O)O. The minimum absolute atomic E-state index is 0.315. The number of carboxylic acids is 1. The fourth-order valence-electron chi connectivity index (χ4n) is 7.10. The third-order valence-corrected chi connectivity index (χ3v) is 10.2. The van der Waals surface area contributed by atoms with Gasteiger partial charge in [0.1, 0.15) is 6.04 Å². The number of carbonyl (C=O) groups excluding carboxylic acids is 1. The van der Waals surface area contributed by atoms with Crippen molar-refractivity contribution < 1.29 is 14.7 Å². The Morgan fingerprint density at radius 3 is 2.40 bits per heavy atom. The van der Waals surface area contributed by atoms with Crippen LogP contribution >= 0.6 is 11.8 Å². The summed E-state index contributed by atoms with van der Waals surface area (Å²) in [6.07, 6.45) is 17.3. The number of nitrogens with zero attached hydrogens (tertiary/aromatic N) is 1. The van der Waals surface area contributed by atoms with Gasteiger partial charge >= 0.3 is 5.97 Å². The standard InChI is InChI=1S/C34H46N2O3S/c1-24-9-6-7-12-28(24)30-21-26(13-16-29(30)32(37)35-31(33(38)39)17-20-40-2)23-36(27-14-15-27)34(18-8-19-34)22-25-10-4-3-5-11-25/h6-7,9,12-13,16,21,25,27,31H,3-5,8,10-11,14-15,17-20,22-23H2,1-2H3,(H,35,37)(H,38,39). The molecule has 0 aromatic heterocycles. The zero-order chi connectivity index (χ0) is 28.1. The third kappa shape index (κ3) is 6.76. The number of aliphatic carboxylic acids is 1. The van der Waals surface area contributed by atoms with Gasteiger partial charge in [-0.3, -0.25) is 9.69 Å². The van der Waals surface area contributed by atoms with Crippen LogP contribution in [0.4, 0.5) is 0 Å². The normalized spacial score (nSPS) is 19.7. The van der Waals surface area contributed by atoms with Crippen LogP contribution in [0.3, 0.4) is 0 Å². The molecule has 5 nitrogen and oxygen atoms in total. The first kappa shape index (κ1) is 29.2. The van der Waals surface area contributed by atoms with Gasteiger partial charge in [0.25, 0.3) is 5.91 Å². The van der Waals surface area contributed by atoms with Gasteiger partial charge in [-0.05, 0) is 104 Å². The molecule has 3 saturated carbocycles. The summed E-state index contributed by atoms with van der Waals surface area (Å²) in [7, 11) is 0. The molecule has 0 aliphatic heterocycles. The summed E-state index contributed by atoms with van der Waals surface area (Å²) < 4.78 is 0. The van der Waals surface area contributed by atoms with E-state index in [0.29, 0.717) is 29.3 Å². The second-order valence-electron chi connectivity index (χ2n) is 12.5. The molecular weight excluding hydrogens is 516 g/mol. The monoisotopic (exact) mass is 562 g/mol. The summed E-state index contributed by atoms with van der Waals surface area (Å²) in [5.74, 6) is 0.253. The number of nitrogens with one attached hydrogen (secondary N) is 1. The maximum atomic E-state index is 13.5. The Labute approximate surface area is 244 Å². The molecule has 2 aromatic carbocycles. The second kappa shape index (κ2) is 13.1. The molecule has 5 rings (SSSR count). The van der Waals surface area contributed by atoms with E-state index in [0.717, 1.165) is 29.2 Å². The maximum absolute atomic E-state index is 13.5. The van der Waals surface area contributed by atoms with Crippen LogP contribution in [-0.2, 0) is 11.3 Å². The molecule has 0 spiro atoms. The molecule has 2 N–H and O–H groups in total. The Morgan fingerprint density at radius 2 is 1.77 bits per heavy atom. The summed E-state index contributed by atoms with van der Waals surface area (Å²) in [5.41, 5.74) is 5.17. The summed E-state index contributed by atoms with van der Waals surface area (Å²) in [6.45, 7) is 3.00. The van der Waals surface area contributed by atoms with Gasteiger partial charge in [0.15, 0.2) is 0 Å². The van der Waals surface area contributed by atoms with Crippen molar-refractivity contribution >= 4 is 23.6 Å². The minimum Gasteiger partial charge on any atom is -0.480 e. The second-order valence-corrected chi connectivity index (χ2v) is 13.5. The van der Waals surface area contributed by atoms with Crippen molar-refractivity contribution in [3.63, 3.8) is 0 Å². The zero-order valence-electron chi connectivity index (χ0n) is 24.3. The van der Waals surface area contributed by atoms with E-state index in [-0.39, 0.29) is 5.91 Å². The highest BCUT2D eigenvalue weighted by Crippen LogP contribution is 2.50. The lowest BCUT2D eigenvalue weighted by Gasteiger charge is -2.53. The Kier molecular flexibility index (Phi) is 9.57. The largest absolute Gasteiger partial charge is 0.480 e. The van der Waals surface area contributed by atoms with Crippen molar-refractivity contribution in [1.29, 1.82) is 0 Å². The van der Waals surface area contributed by atoms with Gasteiger partial charge in [-0.2, -0.15) is 11.8 Å². The first-order valence-electron chi connectivity index (χ1n) is 15.4. The smallest absolute Gasteiger partial charge is 0.326 e. The minimum atomic E-state index is -0.986. The molecule has 6 heteroatoms. The van der Waals surface area contributed by atoms with E-state index < -0.39 is 12.0 Å². The van der Waals surface area contributed by atoms with E-state index >= 15 is 0 Å². The van der Waals surface area contributed by atoms with Crippen LogP contribution in [0, 0.1) is 12.8 Å². The Bertz CT molecular complexity index is 1180. The van der Waals surface area contributed by atoms with E-state index in [4.69, 9.17) is 0 Å². The summed E-state index contributed by atoms with van der Waals surface area (Å²) >= 11 is 1.59. The zero-order valence-corrected chi connectivity index (χ0v) is 25.1. The lowest BCUT2D eigenvalue weighted by atomic mass is 9.67. The van der Waals surface area contributed by atoms with E-state index in [1.54, 1.807) is 11.8 Å². The number of benzene rings is 2. The first-order chi connectivity index (χ1) is 19.4. The molecule has 216 valence electrons.